The monoisotopic (exact) mass is 386 g/mol. The van der Waals surface area contributed by atoms with Gasteiger partial charge in [-0.05, 0) is 47.4 Å². The summed E-state index contributed by atoms with van der Waals surface area (Å²) >= 11 is 0. The van der Waals surface area contributed by atoms with Crippen LogP contribution in [0.5, 0.6) is 5.75 Å². The van der Waals surface area contributed by atoms with E-state index in [1.165, 1.54) is 6.92 Å². The van der Waals surface area contributed by atoms with Crippen LogP contribution in [0.25, 0.3) is 12.2 Å². The van der Waals surface area contributed by atoms with Gasteiger partial charge in [-0.2, -0.15) is 0 Å². The fourth-order valence-corrected chi connectivity index (χ4v) is 2.71. The molecule has 0 spiro atoms. The molecule has 0 atom stereocenters. The molecule has 2 aromatic carbocycles. The number of amides is 1. The van der Waals surface area contributed by atoms with Gasteiger partial charge in [-0.25, -0.2) is 4.98 Å². The molecule has 0 unspecified atom stereocenters. The highest BCUT2D eigenvalue weighted by Gasteiger charge is 2.05. The van der Waals surface area contributed by atoms with Crippen LogP contribution in [0.1, 0.15) is 30.0 Å². The lowest BCUT2D eigenvalue weighted by Crippen LogP contribution is -2.08. The molecule has 5 nitrogen and oxygen atoms in total. The van der Waals surface area contributed by atoms with Gasteiger partial charge in [-0.3, -0.25) is 9.59 Å². The quantitative estimate of drug-likeness (QED) is 0.470. The Labute approximate surface area is 170 Å². The fraction of sp³-hybridized carbons (Fsp3) is 0.125. The summed E-state index contributed by atoms with van der Waals surface area (Å²) in [4.78, 5) is 27.2. The summed E-state index contributed by atoms with van der Waals surface area (Å²) in [5, 5.41) is 2.66. The Bertz CT molecular complexity index is 996. The summed E-state index contributed by atoms with van der Waals surface area (Å²) in [5.41, 5.74) is 3.00. The minimum absolute atomic E-state index is 0.160. The number of anilines is 1. The second-order valence-corrected chi connectivity index (χ2v) is 6.52. The van der Waals surface area contributed by atoms with Gasteiger partial charge < -0.3 is 10.1 Å². The van der Waals surface area contributed by atoms with E-state index in [-0.39, 0.29) is 11.9 Å². The average Bonchev–Trinajstić information content (AvgIpc) is 2.72. The summed E-state index contributed by atoms with van der Waals surface area (Å²) in [6.45, 7) is 1.44. The number of hydrogen-bond donors (Lipinski definition) is 1. The summed E-state index contributed by atoms with van der Waals surface area (Å²) in [6.07, 6.45) is 6.50. The smallest absolute Gasteiger partial charge is 0.311 e. The Kier molecular flexibility index (Phi) is 6.90. The van der Waals surface area contributed by atoms with Gasteiger partial charge in [0.05, 0.1) is 0 Å². The van der Waals surface area contributed by atoms with Crippen LogP contribution < -0.4 is 10.1 Å². The molecule has 5 heteroatoms. The predicted molar refractivity (Wildman–Crippen MR) is 114 cm³/mol. The minimum Gasteiger partial charge on any atom is -0.427 e. The SMILES string of the molecule is CC(=O)Nc1cc(/C=C/c2ccc(OC(=O)CCc3ccccc3)cc2)ccn1. The summed E-state index contributed by atoms with van der Waals surface area (Å²) in [6, 6.07) is 20.8. The molecule has 1 N–H and O–H groups in total. The number of nitrogens with one attached hydrogen (secondary N) is 1. The molecule has 0 radical (unpaired) electrons. The lowest BCUT2D eigenvalue weighted by atomic mass is 10.1. The summed E-state index contributed by atoms with van der Waals surface area (Å²) in [5.74, 6) is 0.626. The third kappa shape index (κ3) is 6.74. The van der Waals surface area contributed by atoms with Crippen molar-refractivity contribution in [2.45, 2.75) is 19.8 Å². The van der Waals surface area contributed by atoms with E-state index in [9.17, 15) is 9.59 Å². The maximum atomic E-state index is 12.0. The first-order valence-corrected chi connectivity index (χ1v) is 9.35. The summed E-state index contributed by atoms with van der Waals surface area (Å²) < 4.78 is 5.40. The molecule has 3 aromatic rings. The zero-order valence-electron chi connectivity index (χ0n) is 16.2. The van der Waals surface area contributed by atoms with Crippen molar-refractivity contribution < 1.29 is 14.3 Å². The van der Waals surface area contributed by atoms with Crippen molar-refractivity contribution in [1.29, 1.82) is 0 Å². The number of carbonyl (C=O) groups excluding carboxylic acids is 2. The fourth-order valence-electron chi connectivity index (χ4n) is 2.71. The topological polar surface area (TPSA) is 68.3 Å². The molecule has 1 aromatic heterocycles. The molecule has 0 aliphatic rings. The van der Waals surface area contributed by atoms with E-state index >= 15 is 0 Å². The van der Waals surface area contributed by atoms with Crippen molar-refractivity contribution in [1.82, 2.24) is 4.98 Å². The zero-order chi connectivity index (χ0) is 20.5. The molecule has 29 heavy (non-hydrogen) atoms. The van der Waals surface area contributed by atoms with Crippen LogP contribution in [-0.2, 0) is 16.0 Å². The van der Waals surface area contributed by atoms with Crippen LogP contribution in [-0.4, -0.2) is 16.9 Å². The van der Waals surface area contributed by atoms with Crippen LogP contribution in [0.15, 0.2) is 72.9 Å². The van der Waals surface area contributed by atoms with Crippen molar-refractivity contribution in [3.05, 3.63) is 89.6 Å². The second-order valence-electron chi connectivity index (χ2n) is 6.52. The van der Waals surface area contributed by atoms with E-state index in [0.29, 0.717) is 24.4 Å². The largest absolute Gasteiger partial charge is 0.427 e. The van der Waals surface area contributed by atoms with Gasteiger partial charge in [0.15, 0.2) is 0 Å². The standard InChI is InChI=1S/C24H22N2O3/c1-18(27)26-23-17-21(15-16-25-23)8-7-20-9-12-22(13-10-20)29-24(28)14-11-19-5-3-2-4-6-19/h2-10,12-13,15-17H,11,14H2,1H3,(H,25,26,27)/b8-7+. The number of pyridine rings is 1. The minimum atomic E-state index is -0.251. The Morgan fingerprint density at radius 3 is 2.41 bits per heavy atom. The van der Waals surface area contributed by atoms with E-state index in [0.717, 1.165) is 16.7 Å². The summed E-state index contributed by atoms with van der Waals surface area (Å²) in [7, 11) is 0. The first-order chi connectivity index (χ1) is 14.1. The van der Waals surface area contributed by atoms with Crippen LogP contribution in [0.2, 0.25) is 0 Å². The Hall–Kier alpha value is -3.73. The third-order valence-electron chi connectivity index (χ3n) is 4.13. The van der Waals surface area contributed by atoms with Crippen molar-refractivity contribution in [2.24, 2.45) is 0 Å². The lowest BCUT2D eigenvalue weighted by molar-refractivity contribution is -0.134. The second kappa shape index (κ2) is 9.99. The van der Waals surface area contributed by atoms with Gasteiger partial charge in [0, 0.05) is 19.5 Å². The van der Waals surface area contributed by atoms with Crippen LogP contribution in [0.3, 0.4) is 0 Å². The number of aryl methyl sites for hydroxylation is 1. The van der Waals surface area contributed by atoms with Gasteiger partial charge in [-0.15, -0.1) is 0 Å². The first-order valence-electron chi connectivity index (χ1n) is 9.35. The Morgan fingerprint density at radius 2 is 1.69 bits per heavy atom. The molecule has 3 rings (SSSR count). The van der Waals surface area contributed by atoms with Gasteiger partial charge in [0.25, 0.3) is 0 Å². The van der Waals surface area contributed by atoms with Gasteiger partial charge in [-0.1, -0.05) is 54.6 Å². The molecule has 0 bridgehead atoms. The van der Waals surface area contributed by atoms with E-state index in [2.05, 4.69) is 10.3 Å². The van der Waals surface area contributed by atoms with Crippen molar-refractivity contribution in [3.8, 4) is 5.75 Å². The maximum absolute atomic E-state index is 12.0. The highest BCUT2D eigenvalue weighted by atomic mass is 16.5. The number of benzene rings is 2. The molecule has 1 heterocycles. The van der Waals surface area contributed by atoms with E-state index in [1.54, 1.807) is 24.4 Å². The van der Waals surface area contributed by atoms with E-state index in [4.69, 9.17) is 4.74 Å². The van der Waals surface area contributed by atoms with Gasteiger partial charge >= 0.3 is 5.97 Å². The number of nitrogens with zero attached hydrogens (tertiary/aromatic N) is 1. The molecular weight excluding hydrogens is 364 g/mol. The molecule has 0 aliphatic carbocycles. The van der Waals surface area contributed by atoms with Crippen LogP contribution >= 0.6 is 0 Å². The molecule has 0 aliphatic heterocycles. The van der Waals surface area contributed by atoms with E-state index in [1.807, 2.05) is 60.7 Å². The number of ether oxygens (including phenoxy) is 1. The first kappa shape index (κ1) is 20.0. The van der Waals surface area contributed by atoms with Crippen molar-refractivity contribution in [3.63, 3.8) is 0 Å². The maximum Gasteiger partial charge on any atom is 0.311 e. The number of carbonyl (C=O) groups is 2. The predicted octanol–water partition coefficient (Wildman–Crippen LogP) is 4.75. The average molecular weight is 386 g/mol. The van der Waals surface area contributed by atoms with Gasteiger partial charge in [0.2, 0.25) is 5.91 Å². The molecule has 0 fully saturated rings. The number of hydrogen-bond acceptors (Lipinski definition) is 4. The lowest BCUT2D eigenvalue weighted by Gasteiger charge is -2.05. The Morgan fingerprint density at radius 1 is 0.966 bits per heavy atom. The number of esters is 1. The molecule has 0 saturated heterocycles. The normalized spacial score (nSPS) is 10.7. The zero-order valence-corrected chi connectivity index (χ0v) is 16.2. The van der Waals surface area contributed by atoms with Crippen molar-refractivity contribution in [2.75, 3.05) is 5.32 Å². The Balaban J connectivity index is 1.54. The van der Waals surface area contributed by atoms with Crippen LogP contribution in [0, 0.1) is 0 Å². The highest BCUT2D eigenvalue weighted by Crippen LogP contribution is 2.16. The molecule has 0 saturated carbocycles. The highest BCUT2D eigenvalue weighted by molar-refractivity contribution is 5.88. The van der Waals surface area contributed by atoms with Crippen molar-refractivity contribution >= 4 is 29.8 Å². The molecular formula is C24H22N2O3. The van der Waals surface area contributed by atoms with Gasteiger partial charge in [0.1, 0.15) is 11.6 Å². The molecule has 1 amide bonds. The van der Waals surface area contributed by atoms with Crippen LogP contribution in [0.4, 0.5) is 5.82 Å². The van der Waals surface area contributed by atoms with E-state index < -0.39 is 0 Å². The number of rotatable bonds is 7. The molecule has 146 valence electrons. The number of aromatic nitrogens is 1. The third-order valence-corrected chi connectivity index (χ3v) is 4.13.